The molecule has 19 heavy (non-hydrogen) atoms. The molecule has 0 aliphatic heterocycles. The van der Waals surface area contributed by atoms with Crippen LogP contribution in [0, 0.1) is 6.92 Å². The lowest BCUT2D eigenvalue weighted by atomic mass is 10.1. The number of hydrogen-bond acceptors (Lipinski definition) is 2. The Morgan fingerprint density at radius 3 is 2.84 bits per heavy atom. The molecule has 1 aromatic heterocycles. The van der Waals surface area contributed by atoms with Crippen molar-refractivity contribution in [3.8, 4) is 0 Å². The molecule has 0 unspecified atom stereocenters. The second kappa shape index (κ2) is 5.89. The third kappa shape index (κ3) is 2.79. The molecular formula is C15H20N2O2. The molecular weight excluding hydrogens is 240 g/mol. The molecule has 0 spiro atoms. The lowest BCUT2D eigenvalue weighted by Crippen LogP contribution is -2.28. The molecule has 102 valence electrons. The highest BCUT2D eigenvalue weighted by Crippen LogP contribution is 2.24. The maximum atomic E-state index is 11.9. The molecule has 2 rings (SSSR count). The number of ether oxygens (including phenoxy) is 1. The maximum Gasteiger partial charge on any atom is 0.224 e. The average molecular weight is 260 g/mol. The molecule has 0 atom stereocenters. The Morgan fingerprint density at radius 1 is 1.37 bits per heavy atom. The minimum Gasteiger partial charge on any atom is -0.383 e. The molecule has 4 nitrogen and oxygen atoms in total. The summed E-state index contributed by atoms with van der Waals surface area (Å²) in [4.78, 5) is 11.9. The van der Waals surface area contributed by atoms with Gasteiger partial charge in [-0.1, -0.05) is 18.2 Å². The van der Waals surface area contributed by atoms with Gasteiger partial charge in [0.1, 0.15) is 0 Å². The Hall–Kier alpha value is -1.81. The van der Waals surface area contributed by atoms with E-state index in [-0.39, 0.29) is 5.91 Å². The van der Waals surface area contributed by atoms with Crippen LogP contribution >= 0.6 is 0 Å². The van der Waals surface area contributed by atoms with E-state index in [0.29, 0.717) is 19.6 Å². The smallest absolute Gasteiger partial charge is 0.224 e. The Balaban J connectivity index is 2.21. The van der Waals surface area contributed by atoms with Crippen molar-refractivity contribution in [3.05, 3.63) is 35.5 Å². The van der Waals surface area contributed by atoms with Gasteiger partial charge in [-0.2, -0.15) is 0 Å². The zero-order valence-electron chi connectivity index (χ0n) is 11.7. The van der Waals surface area contributed by atoms with Gasteiger partial charge in [0.05, 0.1) is 13.0 Å². The summed E-state index contributed by atoms with van der Waals surface area (Å²) in [6, 6.07) is 8.17. The first-order chi connectivity index (χ1) is 9.15. The van der Waals surface area contributed by atoms with Gasteiger partial charge < -0.3 is 14.6 Å². The topological polar surface area (TPSA) is 43.3 Å². The molecule has 0 radical (unpaired) electrons. The lowest BCUT2D eigenvalue weighted by Gasteiger charge is -2.05. The van der Waals surface area contributed by atoms with E-state index in [9.17, 15) is 4.79 Å². The molecule has 0 fully saturated rings. The van der Waals surface area contributed by atoms with Crippen molar-refractivity contribution in [1.29, 1.82) is 0 Å². The molecule has 4 heteroatoms. The van der Waals surface area contributed by atoms with Crippen LogP contribution in [0.1, 0.15) is 11.3 Å². The number of hydrogen-bond donors (Lipinski definition) is 1. The number of nitrogens with one attached hydrogen (secondary N) is 1. The fraction of sp³-hybridized carbons (Fsp3) is 0.400. The van der Waals surface area contributed by atoms with Gasteiger partial charge in [-0.05, 0) is 18.6 Å². The van der Waals surface area contributed by atoms with Gasteiger partial charge in [-0.3, -0.25) is 4.79 Å². The van der Waals surface area contributed by atoms with E-state index in [1.54, 1.807) is 7.11 Å². The molecule has 1 N–H and O–H groups in total. The number of para-hydroxylation sites is 1. The van der Waals surface area contributed by atoms with Crippen LogP contribution in [0.5, 0.6) is 0 Å². The van der Waals surface area contributed by atoms with Crippen molar-refractivity contribution in [3.63, 3.8) is 0 Å². The minimum atomic E-state index is 0.0384. The van der Waals surface area contributed by atoms with Crippen molar-refractivity contribution < 1.29 is 9.53 Å². The predicted octanol–water partition coefficient (Wildman–Crippen LogP) is 1.79. The number of methoxy groups -OCH3 is 1. The molecule has 0 bridgehead atoms. The van der Waals surface area contributed by atoms with Crippen LogP contribution in [0.15, 0.2) is 24.3 Å². The zero-order chi connectivity index (χ0) is 13.8. The van der Waals surface area contributed by atoms with Gasteiger partial charge in [0.2, 0.25) is 5.91 Å². The molecule has 0 saturated heterocycles. The standard InChI is InChI=1S/C15H20N2O2/c1-11-13(10-15(18)16-8-9-19-3)12-6-4-5-7-14(12)17(11)2/h4-7H,8-10H2,1-3H3,(H,16,18). The Morgan fingerprint density at radius 2 is 2.11 bits per heavy atom. The third-order valence-electron chi connectivity index (χ3n) is 3.50. The van der Waals surface area contributed by atoms with Crippen LogP contribution < -0.4 is 5.32 Å². The number of amides is 1. The number of rotatable bonds is 5. The van der Waals surface area contributed by atoms with Crippen molar-refractivity contribution >= 4 is 16.8 Å². The predicted molar refractivity (Wildman–Crippen MR) is 76.2 cm³/mol. The highest BCUT2D eigenvalue weighted by Gasteiger charge is 2.14. The van der Waals surface area contributed by atoms with E-state index in [4.69, 9.17) is 4.74 Å². The molecule has 0 saturated carbocycles. The molecule has 0 aliphatic carbocycles. The van der Waals surface area contributed by atoms with Crippen LogP contribution in [0.4, 0.5) is 0 Å². The van der Waals surface area contributed by atoms with Crippen molar-refractivity contribution in [2.45, 2.75) is 13.3 Å². The number of fused-ring (bicyclic) bond motifs is 1. The van der Waals surface area contributed by atoms with Gasteiger partial charge in [0.25, 0.3) is 0 Å². The monoisotopic (exact) mass is 260 g/mol. The second-order valence-corrected chi connectivity index (χ2v) is 4.66. The number of aryl methyl sites for hydroxylation is 1. The van der Waals surface area contributed by atoms with E-state index in [0.717, 1.165) is 16.6 Å². The summed E-state index contributed by atoms with van der Waals surface area (Å²) in [7, 11) is 3.66. The summed E-state index contributed by atoms with van der Waals surface area (Å²) in [6.45, 7) is 3.15. The van der Waals surface area contributed by atoms with Crippen molar-refractivity contribution in [1.82, 2.24) is 9.88 Å². The van der Waals surface area contributed by atoms with Crippen LogP contribution in [0.3, 0.4) is 0 Å². The minimum absolute atomic E-state index is 0.0384. The van der Waals surface area contributed by atoms with Gasteiger partial charge in [0, 0.05) is 37.3 Å². The van der Waals surface area contributed by atoms with E-state index in [1.165, 1.54) is 5.52 Å². The molecule has 1 amide bonds. The third-order valence-corrected chi connectivity index (χ3v) is 3.50. The Labute approximate surface area is 113 Å². The van der Waals surface area contributed by atoms with Crippen LogP contribution in [0.25, 0.3) is 10.9 Å². The summed E-state index contributed by atoms with van der Waals surface area (Å²) in [5.74, 6) is 0.0384. The molecule has 0 aliphatic rings. The van der Waals surface area contributed by atoms with Gasteiger partial charge >= 0.3 is 0 Å². The normalized spacial score (nSPS) is 10.9. The van der Waals surface area contributed by atoms with E-state index in [1.807, 2.05) is 19.2 Å². The van der Waals surface area contributed by atoms with Gasteiger partial charge in [0.15, 0.2) is 0 Å². The van der Waals surface area contributed by atoms with Gasteiger partial charge in [-0.25, -0.2) is 0 Å². The quantitative estimate of drug-likeness (QED) is 0.833. The summed E-state index contributed by atoms with van der Waals surface area (Å²) >= 11 is 0. The van der Waals surface area contributed by atoms with Crippen molar-refractivity contribution in [2.75, 3.05) is 20.3 Å². The van der Waals surface area contributed by atoms with E-state index < -0.39 is 0 Å². The fourth-order valence-corrected chi connectivity index (χ4v) is 2.34. The Bertz CT molecular complexity index is 587. The fourth-order valence-electron chi connectivity index (χ4n) is 2.34. The van der Waals surface area contributed by atoms with Crippen LogP contribution in [-0.2, 0) is 23.0 Å². The molecule has 2 aromatic rings. The summed E-state index contributed by atoms with van der Waals surface area (Å²) in [6.07, 6.45) is 0.414. The first kappa shape index (κ1) is 13.6. The average Bonchev–Trinajstić information content (AvgIpc) is 2.65. The number of carbonyl (C=O) groups excluding carboxylic acids is 1. The number of benzene rings is 1. The summed E-state index contributed by atoms with van der Waals surface area (Å²) in [5.41, 5.74) is 3.41. The first-order valence-corrected chi connectivity index (χ1v) is 6.43. The largest absolute Gasteiger partial charge is 0.383 e. The number of nitrogens with zero attached hydrogens (tertiary/aromatic N) is 1. The highest BCUT2D eigenvalue weighted by atomic mass is 16.5. The second-order valence-electron chi connectivity index (χ2n) is 4.66. The van der Waals surface area contributed by atoms with Gasteiger partial charge in [-0.15, -0.1) is 0 Å². The van der Waals surface area contributed by atoms with E-state index in [2.05, 4.69) is 28.9 Å². The molecule has 1 heterocycles. The lowest BCUT2D eigenvalue weighted by molar-refractivity contribution is -0.120. The summed E-state index contributed by atoms with van der Waals surface area (Å²) < 4.78 is 7.05. The molecule has 1 aromatic carbocycles. The maximum absolute atomic E-state index is 11.9. The Kier molecular flexibility index (Phi) is 4.22. The number of carbonyl (C=O) groups is 1. The zero-order valence-corrected chi connectivity index (χ0v) is 11.7. The summed E-state index contributed by atoms with van der Waals surface area (Å²) in [5, 5.41) is 4.02. The van der Waals surface area contributed by atoms with Crippen molar-refractivity contribution in [2.24, 2.45) is 7.05 Å². The number of aromatic nitrogens is 1. The SMILES string of the molecule is COCCNC(=O)Cc1c(C)n(C)c2ccccc12. The van der Waals surface area contributed by atoms with E-state index >= 15 is 0 Å². The first-order valence-electron chi connectivity index (χ1n) is 6.43. The highest BCUT2D eigenvalue weighted by molar-refractivity contribution is 5.90. The van der Waals surface area contributed by atoms with Crippen LogP contribution in [-0.4, -0.2) is 30.7 Å². The van der Waals surface area contributed by atoms with Crippen LogP contribution in [0.2, 0.25) is 0 Å².